The van der Waals surface area contributed by atoms with E-state index in [4.69, 9.17) is 14.5 Å². The maximum atomic E-state index is 14.9. The number of nitrogens with one attached hydrogen (secondary N) is 2. The van der Waals surface area contributed by atoms with Crippen LogP contribution in [0.2, 0.25) is 0 Å². The summed E-state index contributed by atoms with van der Waals surface area (Å²) in [5, 5.41) is 2.94. The van der Waals surface area contributed by atoms with Gasteiger partial charge in [0.25, 0.3) is 5.91 Å². The Hall–Kier alpha value is -4.98. The highest BCUT2D eigenvalue weighted by Gasteiger charge is 2.62. The van der Waals surface area contributed by atoms with Gasteiger partial charge in [-0.25, -0.2) is 13.4 Å². The number of methoxy groups -OCH3 is 1. The van der Waals surface area contributed by atoms with E-state index in [0.717, 1.165) is 24.8 Å². The summed E-state index contributed by atoms with van der Waals surface area (Å²) in [7, 11) is -2.31. The molecule has 3 aromatic rings. The summed E-state index contributed by atoms with van der Waals surface area (Å²) in [6.07, 6.45) is 4.91. The molecule has 0 spiro atoms. The quantitative estimate of drug-likeness (QED) is 0.227. The van der Waals surface area contributed by atoms with E-state index in [9.17, 15) is 27.6 Å². The van der Waals surface area contributed by atoms with Crippen LogP contribution in [-0.4, -0.2) is 96.5 Å². The summed E-state index contributed by atoms with van der Waals surface area (Å²) in [5.41, 5.74) is -0.0157. The second-order valence-electron chi connectivity index (χ2n) is 17.0. The Bertz CT molecular complexity index is 2160. The number of hydrogen-bond acceptors (Lipinski definition) is 9. The second kappa shape index (κ2) is 15.8. The molecule has 4 aliphatic rings. The molecule has 2 saturated heterocycles. The third-order valence-electron chi connectivity index (χ3n) is 11.9. The Labute approximate surface area is 334 Å². The molecule has 13 nitrogen and oxygen atoms in total. The van der Waals surface area contributed by atoms with Crippen molar-refractivity contribution in [3.63, 3.8) is 0 Å². The van der Waals surface area contributed by atoms with Crippen LogP contribution in [0, 0.1) is 17.3 Å². The van der Waals surface area contributed by atoms with E-state index in [1.165, 1.54) is 11.0 Å². The molecule has 14 heteroatoms. The number of fused-ring (bicyclic) bond motifs is 1. The first-order valence-corrected chi connectivity index (χ1v) is 21.5. The Balaban J connectivity index is 1.21. The van der Waals surface area contributed by atoms with Gasteiger partial charge in [-0.05, 0) is 56.1 Å². The number of hydrogen-bond donors (Lipinski definition) is 2. The minimum Gasteiger partial charge on any atom is -0.497 e. The standard InChI is InChI=1S/C43H53N5O8S/c1-6-28-25-43(28,41(52)46-57(53,54)31-16-17-31)45-39(50)36-22-30(26-48(36)40(51)33(42(2,3)4)23-38(49)47-19-11-8-12-20-47)56-37-24-34(27-13-9-7-10-14-27)44-35-21-29(55-5)15-18-32(35)37/h6-7,9-10,13-15,18,21,24,28,30-31,33,36H,1,8,11-12,16-17,19-20,22-23,25-26H2,2-5H3,(H,45,50)(H,46,52)/t28-,30-,33-,36+,43+/m1/s1. The molecule has 1 aromatic heterocycles. The van der Waals surface area contributed by atoms with Crippen LogP contribution in [0.25, 0.3) is 22.2 Å². The molecule has 0 bridgehead atoms. The molecule has 7 rings (SSSR count). The van der Waals surface area contributed by atoms with E-state index in [2.05, 4.69) is 16.6 Å². The van der Waals surface area contributed by atoms with Crippen molar-refractivity contribution >= 4 is 44.6 Å². The van der Waals surface area contributed by atoms with Crippen molar-refractivity contribution in [2.75, 3.05) is 26.7 Å². The van der Waals surface area contributed by atoms with E-state index in [0.29, 0.717) is 54.0 Å². The lowest BCUT2D eigenvalue weighted by Gasteiger charge is -2.36. The maximum Gasteiger partial charge on any atom is 0.259 e. The van der Waals surface area contributed by atoms with Crippen molar-refractivity contribution in [2.24, 2.45) is 17.3 Å². The van der Waals surface area contributed by atoms with E-state index in [1.54, 1.807) is 7.11 Å². The van der Waals surface area contributed by atoms with Crippen molar-refractivity contribution in [3.05, 3.63) is 67.3 Å². The number of benzene rings is 2. The van der Waals surface area contributed by atoms with Gasteiger partial charge in [-0.2, -0.15) is 0 Å². The summed E-state index contributed by atoms with van der Waals surface area (Å²) in [6, 6.07) is 15.9. The molecule has 2 aliphatic carbocycles. The molecular weight excluding hydrogens is 747 g/mol. The molecule has 304 valence electrons. The zero-order valence-corrected chi connectivity index (χ0v) is 34.0. The fourth-order valence-corrected chi connectivity index (χ4v) is 9.51. The van der Waals surface area contributed by atoms with Crippen LogP contribution in [0.3, 0.4) is 0 Å². The lowest BCUT2D eigenvalue weighted by molar-refractivity contribution is -0.148. The number of carbonyl (C=O) groups excluding carboxylic acids is 4. The van der Waals surface area contributed by atoms with Gasteiger partial charge >= 0.3 is 0 Å². The number of aromatic nitrogens is 1. The molecule has 4 amide bonds. The summed E-state index contributed by atoms with van der Waals surface area (Å²) in [5.74, 6) is -2.03. The number of nitrogens with zero attached hydrogens (tertiary/aromatic N) is 3. The molecule has 5 atom stereocenters. The molecule has 2 saturated carbocycles. The van der Waals surface area contributed by atoms with Crippen LogP contribution in [0.1, 0.15) is 72.1 Å². The van der Waals surface area contributed by atoms with Gasteiger partial charge in [-0.15, -0.1) is 6.58 Å². The molecule has 2 aliphatic heterocycles. The van der Waals surface area contributed by atoms with Crippen LogP contribution >= 0.6 is 0 Å². The number of sulfonamides is 1. The van der Waals surface area contributed by atoms with E-state index < -0.39 is 62.0 Å². The normalized spacial score (nSPS) is 24.0. The zero-order valence-electron chi connectivity index (χ0n) is 33.2. The van der Waals surface area contributed by atoms with E-state index in [-0.39, 0.29) is 37.6 Å². The minimum absolute atomic E-state index is 0.0140. The molecule has 0 radical (unpaired) electrons. The molecule has 2 aromatic carbocycles. The predicted octanol–water partition coefficient (Wildman–Crippen LogP) is 4.99. The Morgan fingerprint density at radius 3 is 2.39 bits per heavy atom. The Morgan fingerprint density at radius 1 is 1.04 bits per heavy atom. The number of ether oxygens (including phenoxy) is 2. The zero-order chi connectivity index (χ0) is 40.7. The molecule has 4 fully saturated rings. The van der Waals surface area contributed by atoms with Gasteiger partial charge in [0.15, 0.2) is 0 Å². The van der Waals surface area contributed by atoms with Crippen LogP contribution < -0.4 is 19.5 Å². The van der Waals surface area contributed by atoms with Crippen molar-refractivity contribution in [1.29, 1.82) is 0 Å². The Kier molecular flexibility index (Phi) is 11.1. The lowest BCUT2D eigenvalue weighted by atomic mass is 9.77. The molecule has 2 N–H and O–H groups in total. The SMILES string of the molecule is C=C[C@@H]1C[C@@]1(NC(=O)[C@@H]1C[C@@H](Oc2cc(-c3ccccc3)nc3cc(OC)ccc23)CN1C(=O)[C@@H](CC(=O)N1CCCCC1)C(C)(C)C)C(=O)NS(=O)(=O)C1CC1. The van der Waals surface area contributed by atoms with E-state index >= 15 is 0 Å². The van der Waals surface area contributed by atoms with Gasteiger partial charge in [-0.1, -0.05) is 57.2 Å². The molecule has 57 heavy (non-hydrogen) atoms. The maximum absolute atomic E-state index is 14.9. The number of carbonyl (C=O) groups is 4. The number of likely N-dealkylation sites (tertiary alicyclic amines) is 2. The molecular formula is C43H53N5O8S. The first kappa shape index (κ1) is 40.2. The third-order valence-corrected chi connectivity index (χ3v) is 13.7. The average Bonchev–Trinajstić information content (AvgIpc) is 4.13. The molecule has 3 heterocycles. The first-order chi connectivity index (χ1) is 27.1. The highest BCUT2D eigenvalue weighted by Crippen LogP contribution is 2.46. The van der Waals surface area contributed by atoms with Gasteiger partial charge in [0.2, 0.25) is 27.7 Å². The van der Waals surface area contributed by atoms with Gasteiger partial charge in [0.05, 0.1) is 36.0 Å². The van der Waals surface area contributed by atoms with E-state index in [1.807, 2.05) is 80.3 Å². The topological polar surface area (TPSA) is 164 Å². The number of rotatable bonds is 13. The van der Waals surface area contributed by atoms with Gasteiger partial charge in [0.1, 0.15) is 29.2 Å². The summed E-state index contributed by atoms with van der Waals surface area (Å²) >= 11 is 0. The summed E-state index contributed by atoms with van der Waals surface area (Å²) < 4.78 is 40.1. The predicted molar refractivity (Wildman–Crippen MR) is 216 cm³/mol. The van der Waals surface area contributed by atoms with Gasteiger partial charge in [-0.3, -0.25) is 23.9 Å². The first-order valence-electron chi connectivity index (χ1n) is 19.9. The average molecular weight is 800 g/mol. The van der Waals surface area contributed by atoms with Crippen LogP contribution in [-0.2, 0) is 29.2 Å². The third kappa shape index (κ3) is 8.51. The van der Waals surface area contributed by atoms with Crippen LogP contribution in [0.5, 0.6) is 11.5 Å². The largest absolute Gasteiger partial charge is 0.497 e. The fourth-order valence-electron chi connectivity index (χ4n) is 8.14. The fraction of sp³-hybridized carbons (Fsp3) is 0.512. The molecule has 0 unspecified atom stereocenters. The number of piperidine rings is 1. The highest BCUT2D eigenvalue weighted by atomic mass is 32.2. The van der Waals surface area contributed by atoms with Crippen molar-refractivity contribution in [1.82, 2.24) is 24.8 Å². The number of pyridine rings is 1. The van der Waals surface area contributed by atoms with Gasteiger partial charge in [0, 0.05) is 54.9 Å². The smallest absolute Gasteiger partial charge is 0.259 e. The van der Waals surface area contributed by atoms with Crippen molar-refractivity contribution in [2.45, 2.75) is 95.1 Å². The van der Waals surface area contributed by atoms with Crippen molar-refractivity contribution < 1.29 is 37.1 Å². The van der Waals surface area contributed by atoms with Crippen LogP contribution in [0.15, 0.2) is 67.3 Å². The Morgan fingerprint density at radius 2 is 1.75 bits per heavy atom. The van der Waals surface area contributed by atoms with Crippen LogP contribution in [0.4, 0.5) is 0 Å². The lowest BCUT2D eigenvalue weighted by Crippen LogP contribution is -2.57. The summed E-state index contributed by atoms with van der Waals surface area (Å²) in [4.78, 5) is 64.9. The second-order valence-corrected chi connectivity index (χ2v) is 18.9. The minimum atomic E-state index is -3.90. The van der Waals surface area contributed by atoms with Crippen molar-refractivity contribution in [3.8, 4) is 22.8 Å². The summed E-state index contributed by atoms with van der Waals surface area (Å²) in [6.45, 7) is 10.9. The highest BCUT2D eigenvalue weighted by molar-refractivity contribution is 7.91. The number of amides is 4. The van der Waals surface area contributed by atoms with Gasteiger partial charge < -0.3 is 24.6 Å². The monoisotopic (exact) mass is 799 g/mol.